The number of aromatic nitrogens is 1. The molecule has 1 N–H and O–H groups in total. The van der Waals surface area contributed by atoms with E-state index < -0.39 is 23.2 Å². The molecule has 0 aliphatic carbocycles. The standard InChI is InChI=1S/C34H41BrClN3O4/c1-7-8-9-26(37-5)20-27-21-34(41,16-17-39(27)32(40)43-33(2,3)4)30(22-10-13-25(36)14-11-22)28-19-23-18-24(35)12-15-29(23)38-31(28)42-6/h8-15,18-19,27,30,41H,7,16-17,20-21H2,1-6H3/b9-8-,37-26?/t27?,30-,34?/m1/s1. The van der Waals surface area contributed by atoms with Gasteiger partial charge >= 0.3 is 6.09 Å². The zero-order valence-electron chi connectivity index (χ0n) is 25.7. The number of methoxy groups -OCH3 is 1. The van der Waals surface area contributed by atoms with Gasteiger partial charge in [0.05, 0.1) is 18.2 Å². The van der Waals surface area contributed by atoms with Crippen LogP contribution in [0.1, 0.15) is 70.4 Å². The highest BCUT2D eigenvalue weighted by molar-refractivity contribution is 9.10. The summed E-state index contributed by atoms with van der Waals surface area (Å²) in [5.74, 6) is -0.0805. The number of pyridine rings is 1. The molecule has 2 aromatic carbocycles. The second-order valence-corrected chi connectivity index (χ2v) is 13.4. The lowest BCUT2D eigenvalue weighted by atomic mass is 9.70. The van der Waals surface area contributed by atoms with Crippen molar-refractivity contribution < 1.29 is 19.4 Å². The Morgan fingerprint density at radius 3 is 2.60 bits per heavy atom. The van der Waals surface area contributed by atoms with Gasteiger partial charge in [-0.15, -0.1) is 0 Å². The number of amides is 1. The van der Waals surface area contributed by atoms with E-state index in [1.807, 2.05) is 75.4 Å². The number of likely N-dealkylation sites (tertiary alicyclic amines) is 1. The summed E-state index contributed by atoms with van der Waals surface area (Å²) in [5, 5.41) is 14.3. The molecule has 1 aliphatic rings. The first-order chi connectivity index (χ1) is 20.4. The zero-order valence-corrected chi connectivity index (χ0v) is 28.1. The molecule has 1 aromatic heterocycles. The highest BCUT2D eigenvalue weighted by Crippen LogP contribution is 2.47. The molecule has 0 radical (unpaired) electrons. The second kappa shape index (κ2) is 13.8. The number of nitrogens with zero attached hydrogens (tertiary/aromatic N) is 3. The van der Waals surface area contributed by atoms with Crippen molar-refractivity contribution in [3.63, 3.8) is 0 Å². The van der Waals surface area contributed by atoms with Gasteiger partial charge in [-0.1, -0.05) is 52.7 Å². The third-order valence-electron chi connectivity index (χ3n) is 7.74. The van der Waals surface area contributed by atoms with Gasteiger partial charge in [-0.2, -0.15) is 0 Å². The normalized spacial score (nSPS) is 20.4. The summed E-state index contributed by atoms with van der Waals surface area (Å²) in [6, 6.07) is 15.1. The predicted octanol–water partition coefficient (Wildman–Crippen LogP) is 8.35. The summed E-state index contributed by atoms with van der Waals surface area (Å²) < 4.78 is 12.6. The Labute approximate surface area is 268 Å². The minimum atomic E-state index is -1.26. The number of piperidine rings is 1. The number of carbonyl (C=O) groups is 1. The Bertz CT molecular complexity index is 1500. The van der Waals surface area contributed by atoms with Gasteiger partial charge in [-0.25, -0.2) is 9.78 Å². The highest BCUT2D eigenvalue weighted by atomic mass is 79.9. The van der Waals surface area contributed by atoms with Crippen LogP contribution < -0.4 is 4.74 Å². The fraction of sp³-hybridized carbons (Fsp3) is 0.441. The molecule has 4 rings (SSSR count). The Balaban J connectivity index is 1.85. The number of benzene rings is 2. The molecule has 3 atom stereocenters. The first kappa shape index (κ1) is 33.0. The van der Waals surface area contributed by atoms with Gasteiger partial charge in [-0.3, -0.25) is 4.99 Å². The number of hydrogen-bond acceptors (Lipinski definition) is 6. The van der Waals surface area contributed by atoms with Crippen molar-refractivity contribution in [2.24, 2.45) is 4.99 Å². The quantitative estimate of drug-likeness (QED) is 0.244. The molecule has 2 unspecified atom stereocenters. The number of rotatable bonds is 8. The van der Waals surface area contributed by atoms with Crippen molar-refractivity contribution in [1.82, 2.24) is 9.88 Å². The van der Waals surface area contributed by atoms with Crippen molar-refractivity contribution in [2.75, 3.05) is 20.7 Å². The topological polar surface area (TPSA) is 84.3 Å². The first-order valence-corrected chi connectivity index (χ1v) is 15.8. The summed E-state index contributed by atoms with van der Waals surface area (Å²) >= 11 is 9.88. The molecule has 0 spiro atoms. The molecule has 2 heterocycles. The van der Waals surface area contributed by atoms with Crippen LogP contribution in [0, 0.1) is 0 Å². The van der Waals surface area contributed by atoms with Crippen LogP contribution >= 0.6 is 27.5 Å². The lowest BCUT2D eigenvalue weighted by Gasteiger charge is -2.47. The van der Waals surface area contributed by atoms with E-state index in [1.54, 1.807) is 19.1 Å². The maximum Gasteiger partial charge on any atom is 0.410 e. The summed E-state index contributed by atoms with van der Waals surface area (Å²) in [7, 11) is 3.35. The molecule has 1 saturated heterocycles. The van der Waals surface area contributed by atoms with Crippen LogP contribution in [-0.2, 0) is 4.74 Å². The van der Waals surface area contributed by atoms with Crippen LogP contribution in [0.4, 0.5) is 4.79 Å². The van der Waals surface area contributed by atoms with E-state index in [0.717, 1.165) is 38.6 Å². The smallest absolute Gasteiger partial charge is 0.410 e. The SMILES string of the molecule is CC/C=C\C(CC1CC(O)([C@H](c2ccc(Cl)cc2)c2cc3cc(Br)ccc3nc2OC)CCN1C(=O)OC(C)(C)C)=NC. The average Bonchev–Trinajstić information content (AvgIpc) is 2.95. The van der Waals surface area contributed by atoms with E-state index in [4.69, 9.17) is 26.1 Å². The van der Waals surface area contributed by atoms with E-state index in [2.05, 4.69) is 33.9 Å². The summed E-state index contributed by atoms with van der Waals surface area (Å²) in [6.07, 6.45) is 5.60. The number of halogens is 2. The molecule has 3 aromatic rings. The molecule has 9 heteroatoms. The number of carbonyl (C=O) groups excluding carboxylic acids is 1. The molecule has 1 fully saturated rings. The third-order valence-corrected chi connectivity index (χ3v) is 8.48. The van der Waals surface area contributed by atoms with Crippen molar-refractivity contribution in [3.8, 4) is 5.88 Å². The van der Waals surface area contributed by atoms with E-state index in [-0.39, 0.29) is 12.5 Å². The van der Waals surface area contributed by atoms with Crippen molar-refractivity contribution >= 4 is 50.2 Å². The van der Waals surface area contributed by atoms with Crippen LogP contribution in [0.3, 0.4) is 0 Å². The van der Waals surface area contributed by atoms with Crippen molar-refractivity contribution in [1.29, 1.82) is 0 Å². The van der Waals surface area contributed by atoms with Crippen molar-refractivity contribution in [3.05, 3.63) is 81.3 Å². The van der Waals surface area contributed by atoms with Crippen LogP contribution in [0.5, 0.6) is 5.88 Å². The third kappa shape index (κ3) is 7.97. The fourth-order valence-electron chi connectivity index (χ4n) is 5.80. The van der Waals surface area contributed by atoms with Gasteiger partial charge < -0.3 is 19.5 Å². The summed E-state index contributed by atoms with van der Waals surface area (Å²) in [4.78, 5) is 24.5. The molecule has 7 nitrogen and oxygen atoms in total. The second-order valence-electron chi connectivity index (χ2n) is 12.0. The van der Waals surface area contributed by atoms with Gasteiger partial charge in [0.1, 0.15) is 5.60 Å². The van der Waals surface area contributed by atoms with Crippen LogP contribution in [0.15, 0.2) is 70.1 Å². The lowest BCUT2D eigenvalue weighted by Crippen LogP contribution is -2.56. The van der Waals surface area contributed by atoms with Gasteiger partial charge in [0, 0.05) is 58.1 Å². The minimum Gasteiger partial charge on any atom is -0.481 e. The molecule has 43 heavy (non-hydrogen) atoms. The largest absolute Gasteiger partial charge is 0.481 e. The van der Waals surface area contributed by atoms with Crippen LogP contribution in [0.25, 0.3) is 10.9 Å². The number of aliphatic hydroxyl groups is 1. The number of ether oxygens (including phenoxy) is 2. The van der Waals surface area contributed by atoms with E-state index in [1.165, 1.54) is 0 Å². The number of aliphatic imine (C=N–C) groups is 1. The van der Waals surface area contributed by atoms with E-state index >= 15 is 0 Å². The average molecular weight is 671 g/mol. The zero-order chi connectivity index (χ0) is 31.4. The molecule has 0 saturated carbocycles. The molecule has 1 amide bonds. The van der Waals surface area contributed by atoms with Crippen molar-refractivity contribution in [2.45, 2.75) is 76.5 Å². The minimum absolute atomic E-state index is 0.290. The van der Waals surface area contributed by atoms with Crippen LogP contribution in [-0.4, -0.2) is 64.7 Å². The molecular weight excluding hydrogens is 630 g/mol. The molecular formula is C34H41BrClN3O4. The Hall–Kier alpha value is -2.94. The Morgan fingerprint density at radius 1 is 1.26 bits per heavy atom. The molecule has 0 bridgehead atoms. The fourth-order valence-corrected chi connectivity index (χ4v) is 6.31. The first-order valence-electron chi connectivity index (χ1n) is 14.6. The Kier molecular flexibility index (Phi) is 10.6. The number of hydrogen-bond donors (Lipinski definition) is 1. The number of allylic oxidation sites excluding steroid dienone is 2. The van der Waals surface area contributed by atoms with Gasteiger partial charge in [-0.05, 0) is 88.1 Å². The maximum absolute atomic E-state index is 13.5. The van der Waals surface area contributed by atoms with Gasteiger partial charge in [0.25, 0.3) is 0 Å². The van der Waals surface area contributed by atoms with E-state index in [9.17, 15) is 9.90 Å². The molecule has 1 aliphatic heterocycles. The maximum atomic E-state index is 13.5. The monoisotopic (exact) mass is 669 g/mol. The highest BCUT2D eigenvalue weighted by Gasteiger charge is 2.48. The summed E-state index contributed by atoms with van der Waals surface area (Å²) in [5.41, 5.74) is 1.36. The van der Waals surface area contributed by atoms with Gasteiger partial charge in [0.2, 0.25) is 5.88 Å². The van der Waals surface area contributed by atoms with Crippen LogP contribution in [0.2, 0.25) is 5.02 Å². The van der Waals surface area contributed by atoms with E-state index in [0.29, 0.717) is 30.3 Å². The predicted molar refractivity (Wildman–Crippen MR) is 178 cm³/mol. The summed E-state index contributed by atoms with van der Waals surface area (Å²) in [6.45, 7) is 7.95. The lowest BCUT2D eigenvalue weighted by molar-refractivity contribution is -0.0618. The molecule has 230 valence electrons. The van der Waals surface area contributed by atoms with Gasteiger partial charge in [0.15, 0.2) is 0 Å². The Morgan fingerprint density at radius 2 is 1.98 bits per heavy atom. The number of fused-ring (bicyclic) bond motifs is 1.